The van der Waals surface area contributed by atoms with Gasteiger partial charge in [-0.1, -0.05) is 42.0 Å². The maximum absolute atomic E-state index is 13.4. The van der Waals surface area contributed by atoms with Gasteiger partial charge in [-0.25, -0.2) is 8.42 Å². The van der Waals surface area contributed by atoms with Crippen molar-refractivity contribution in [1.82, 2.24) is 0 Å². The zero-order valence-electron chi connectivity index (χ0n) is 17.1. The molecular formula is C24H24N2O3S. The Bertz CT molecular complexity index is 1220. The molecule has 4 rings (SSSR count). The predicted molar refractivity (Wildman–Crippen MR) is 120 cm³/mol. The lowest BCUT2D eigenvalue weighted by molar-refractivity contribution is 0.102. The monoisotopic (exact) mass is 420 g/mol. The molecule has 1 aliphatic heterocycles. The summed E-state index contributed by atoms with van der Waals surface area (Å²) in [6.45, 7) is 4.35. The van der Waals surface area contributed by atoms with Gasteiger partial charge in [0.15, 0.2) is 0 Å². The quantitative estimate of drug-likeness (QED) is 0.665. The summed E-state index contributed by atoms with van der Waals surface area (Å²) < 4.78 is 28.2. The summed E-state index contributed by atoms with van der Waals surface area (Å²) in [7, 11) is -3.76. The van der Waals surface area contributed by atoms with Crippen molar-refractivity contribution in [3.05, 3.63) is 89.0 Å². The Labute approximate surface area is 177 Å². The molecule has 0 unspecified atom stereocenters. The standard InChI is InChI=1S/C24H24N2O3S/c1-17-12-13-22(18(2)15-17)25-24(27)20-8-5-10-21(16-20)30(28,29)26-14-6-9-19-7-3-4-11-23(19)26/h3-5,7-8,10-13,15-16H,6,9,14H2,1-2H3,(H,25,27). The van der Waals surface area contributed by atoms with Crippen LogP contribution in [0.1, 0.15) is 33.5 Å². The second kappa shape index (κ2) is 7.95. The van der Waals surface area contributed by atoms with Gasteiger partial charge in [-0.2, -0.15) is 0 Å². The number of carbonyl (C=O) groups excluding carboxylic acids is 1. The average Bonchev–Trinajstić information content (AvgIpc) is 2.75. The van der Waals surface area contributed by atoms with E-state index in [-0.39, 0.29) is 10.8 Å². The van der Waals surface area contributed by atoms with Crippen LogP contribution in [0.3, 0.4) is 0 Å². The van der Waals surface area contributed by atoms with E-state index in [2.05, 4.69) is 5.32 Å². The third-order valence-electron chi connectivity index (χ3n) is 5.38. The summed E-state index contributed by atoms with van der Waals surface area (Å²) in [5.74, 6) is -0.335. The number of nitrogens with one attached hydrogen (secondary N) is 1. The normalized spacial score (nSPS) is 13.6. The molecule has 0 radical (unpaired) electrons. The maximum Gasteiger partial charge on any atom is 0.264 e. The zero-order chi connectivity index (χ0) is 21.3. The molecule has 0 spiro atoms. The first-order chi connectivity index (χ1) is 14.4. The van der Waals surface area contributed by atoms with Crippen molar-refractivity contribution in [2.24, 2.45) is 0 Å². The number of para-hydroxylation sites is 1. The van der Waals surface area contributed by atoms with Gasteiger partial charge in [-0.05, 0) is 68.1 Å². The van der Waals surface area contributed by atoms with Gasteiger partial charge in [0.1, 0.15) is 0 Å². The van der Waals surface area contributed by atoms with E-state index < -0.39 is 10.0 Å². The number of aryl methyl sites for hydroxylation is 3. The molecule has 3 aromatic rings. The van der Waals surface area contributed by atoms with Gasteiger partial charge in [0.25, 0.3) is 15.9 Å². The fourth-order valence-corrected chi connectivity index (χ4v) is 5.41. The Kier molecular flexibility index (Phi) is 5.35. The number of nitrogens with zero attached hydrogens (tertiary/aromatic N) is 1. The van der Waals surface area contributed by atoms with Crippen LogP contribution in [-0.4, -0.2) is 20.9 Å². The van der Waals surface area contributed by atoms with Crippen molar-refractivity contribution in [3.8, 4) is 0 Å². The molecule has 0 bridgehead atoms. The molecule has 0 aliphatic carbocycles. The van der Waals surface area contributed by atoms with Crippen molar-refractivity contribution >= 4 is 27.3 Å². The van der Waals surface area contributed by atoms with Crippen LogP contribution in [0.4, 0.5) is 11.4 Å². The van der Waals surface area contributed by atoms with E-state index in [9.17, 15) is 13.2 Å². The van der Waals surface area contributed by atoms with Crippen molar-refractivity contribution < 1.29 is 13.2 Å². The molecule has 0 aromatic heterocycles. The number of rotatable bonds is 4. The Morgan fingerprint density at radius 3 is 2.57 bits per heavy atom. The fourth-order valence-electron chi connectivity index (χ4n) is 3.82. The number of fused-ring (bicyclic) bond motifs is 1. The largest absolute Gasteiger partial charge is 0.322 e. The van der Waals surface area contributed by atoms with Crippen LogP contribution in [0, 0.1) is 13.8 Å². The number of hydrogen-bond acceptors (Lipinski definition) is 3. The second-order valence-corrected chi connectivity index (χ2v) is 9.47. The molecule has 30 heavy (non-hydrogen) atoms. The number of carbonyl (C=O) groups is 1. The van der Waals surface area contributed by atoms with Crippen LogP contribution >= 0.6 is 0 Å². The number of anilines is 2. The van der Waals surface area contributed by atoms with Gasteiger partial charge in [-0.15, -0.1) is 0 Å². The molecule has 0 atom stereocenters. The summed E-state index contributed by atoms with van der Waals surface area (Å²) in [4.78, 5) is 12.9. The van der Waals surface area contributed by atoms with Crippen molar-refractivity contribution in [1.29, 1.82) is 0 Å². The predicted octanol–water partition coefficient (Wildman–Crippen LogP) is 4.70. The van der Waals surface area contributed by atoms with Gasteiger partial charge >= 0.3 is 0 Å². The molecule has 1 N–H and O–H groups in total. The lowest BCUT2D eigenvalue weighted by Gasteiger charge is -2.30. The van der Waals surface area contributed by atoms with E-state index in [1.165, 1.54) is 10.4 Å². The lowest BCUT2D eigenvalue weighted by atomic mass is 10.0. The van der Waals surface area contributed by atoms with Crippen molar-refractivity contribution in [3.63, 3.8) is 0 Å². The highest BCUT2D eigenvalue weighted by Crippen LogP contribution is 2.32. The van der Waals surface area contributed by atoms with E-state index in [0.717, 1.165) is 29.5 Å². The van der Waals surface area contributed by atoms with Crippen LogP contribution in [0.2, 0.25) is 0 Å². The zero-order valence-corrected chi connectivity index (χ0v) is 17.9. The average molecular weight is 421 g/mol. The molecule has 1 heterocycles. The van der Waals surface area contributed by atoms with Gasteiger partial charge in [-0.3, -0.25) is 9.10 Å². The highest BCUT2D eigenvalue weighted by molar-refractivity contribution is 7.92. The summed E-state index contributed by atoms with van der Waals surface area (Å²) in [6, 6.07) is 19.6. The molecule has 154 valence electrons. The van der Waals surface area contributed by atoms with E-state index in [1.54, 1.807) is 18.2 Å². The van der Waals surface area contributed by atoms with Crippen molar-refractivity contribution in [2.45, 2.75) is 31.6 Å². The third-order valence-corrected chi connectivity index (χ3v) is 7.19. The Morgan fingerprint density at radius 1 is 0.967 bits per heavy atom. The Morgan fingerprint density at radius 2 is 1.77 bits per heavy atom. The van der Waals surface area contributed by atoms with Crippen LogP contribution < -0.4 is 9.62 Å². The molecule has 1 aliphatic rings. The topological polar surface area (TPSA) is 66.5 Å². The first kappa shape index (κ1) is 20.2. The minimum Gasteiger partial charge on any atom is -0.322 e. The Balaban J connectivity index is 1.64. The summed E-state index contributed by atoms with van der Waals surface area (Å²) in [6.07, 6.45) is 1.63. The van der Waals surface area contributed by atoms with E-state index in [0.29, 0.717) is 23.5 Å². The lowest BCUT2D eigenvalue weighted by Crippen LogP contribution is -2.35. The molecular weight excluding hydrogens is 396 g/mol. The Hall–Kier alpha value is -3.12. The minimum absolute atomic E-state index is 0.118. The summed E-state index contributed by atoms with van der Waals surface area (Å²) >= 11 is 0. The number of benzene rings is 3. The molecule has 5 nitrogen and oxygen atoms in total. The van der Waals surface area contributed by atoms with Gasteiger partial charge < -0.3 is 5.32 Å². The number of sulfonamides is 1. The molecule has 0 fully saturated rings. The van der Waals surface area contributed by atoms with Crippen LogP contribution in [0.15, 0.2) is 71.6 Å². The van der Waals surface area contributed by atoms with E-state index in [4.69, 9.17) is 0 Å². The van der Waals surface area contributed by atoms with Crippen molar-refractivity contribution in [2.75, 3.05) is 16.2 Å². The molecule has 0 saturated carbocycles. The first-order valence-electron chi connectivity index (χ1n) is 9.95. The van der Waals surface area contributed by atoms with Gasteiger partial charge in [0.2, 0.25) is 0 Å². The number of hydrogen-bond donors (Lipinski definition) is 1. The first-order valence-corrected chi connectivity index (χ1v) is 11.4. The highest BCUT2D eigenvalue weighted by Gasteiger charge is 2.29. The fraction of sp³-hybridized carbons (Fsp3) is 0.208. The second-order valence-electron chi connectivity index (χ2n) is 7.61. The van der Waals surface area contributed by atoms with E-state index in [1.807, 2.05) is 56.3 Å². The highest BCUT2D eigenvalue weighted by atomic mass is 32.2. The van der Waals surface area contributed by atoms with Gasteiger partial charge in [0, 0.05) is 17.8 Å². The minimum atomic E-state index is -3.76. The van der Waals surface area contributed by atoms with Gasteiger partial charge in [0.05, 0.1) is 10.6 Å². The summed E-state index contributed by atoms with van der Waals surface area (Å²) in [5.41, 5.74) is 4.83. The van der Waals surface area contributed by atoms with Crippen LogP contribution in [0.25, 0.3) is 0 Å². The smallest absolute Gasteiger partial charge is 0.264 e. The number of amides is 1. The molecule has 3 aromatic carbocycles. The molecule has 1 amide bonds. The van der Waals surface area contributed by atoms with Crippen LogP contribution in [-0.2, 0) is 16.4 Å². The van der Waals surface area contributed by atoms with Crippen LogP contribution in [0.5, 0.6) is 0 Å². The molecule has 0 saturated heterocycles. The maximum atomic E-state index is 13.4. The summed E-state index contributed by atoms with van der Waals surface area (Å²) in [5, 5.41) is 2.88. The molecule has 6 heteroatoms. The SMILES string of the molecule is Cc1ccc(NC(=O)c2cccc(S(=O)(=O)N3CCCc4ccccc43)c2)c(C)c1. The van der Waals surface area contributed by atoms with E-state index >= 15 is 0 Å². The third kappa shape index (κ3) is 3.83.